The van der Waals surface area contributed by atoms with Crippen molar-refractivity contribution < 1.29 is 9.53 Å². The molecule has 0 amide bonds. The zero-order valence-electron chi connectivity index (χ0n) is 14.5. The molecule has 22 heavy (non-hydrogen) atoms. The number of anilines is 1. The Morgan fingerprint density at radius 2 is 2.09 bits per heavy atom. The molecule has 1 aliphatic heterocycles. The molecule has 1 aliphatic rings. The summed E-state index contributed by atoms with van der Waals surface area (Å²) in [6, 6.07) is 2.06. The molecule has 0 radical (unpaired) electrons. The quantitative estimate of drug-likeness (QED) is 0.804. The first-order valence-corrected chi connectivity index (χ1v) is 7.93. The summed E-state index contributed by atoms with van der Waals surface area (Å²) in [4.78, 5) is 23.4. The average Bonchev–Trinajstić information content (AvgIpc) is 2.90. The highest BCUT2D eigenvalue weighted by Gasteiger charge is 2.41. The molecule has 0 saturated carbocycles. The Morgan fingerprint density at radius 1 is 1.41 bits per heavy atom. The molecular formula is C17H27N3O2. The third-order valence-electron chi connectivity index (χ3n) is 4.25. The van der Waals surface area contributed by atoms with Gasteiger partial charge in [0, 0.05) is 24.2 Å². The number of carbonyl (C=O) groups excluding carboxylic acids is 1. The highest BCUT2D eigenvalue weighted by Crippen LogP contribution is 2.34. The molecule has 5 heteroatoms. The van der Waals surface area contributed by atoms with Crippen molar-refractivity contribution in [3.8, 4) is 0 Å². The van der Waals surface area contributed by atoms with E-state index >= 15 is 0 Å². The lowest BCUT2D eigenvalue weighted by atomic mass is 9.91. The lowest BCUT2D eigenvalue weighted by Crippen LogP contribution is -2.40. The number of carbonyl (C=O) groups is 1. The number of rotatable bonds is 3. The van der Waals surface area contributed by atoms with E-state index in [2.05, 4.69) is 44.5 Å². The Kier molecular flexibility index (Phi) is 4.73. The summed E-state index contributed by atoms with van der Waals surface area (Å²) in [7, 11) is 1.46. The van der Waals surface area contributed by atoms with Gasteiger partial charge in [-0.25, -0.2) is 9.97 Å². The van der Waals surface area contributed by atoms with E-state index in [1.807, 2.05) is 12.3 Å². The van der Waals surface area contributed by atoms with Crippen LogP contribution in [-0.2, 0) is 14.9 Å². The molecule has 2 atom stereocenters. The van der Waals surface area contributed by atoms with E-state index in [4.69, 9.17) is 9.72 Å². The monoisotopic (exact) mass is 305 g/mol. The second-order valence-electron chi connectivity index (χ2n) is 7.33. The molecule has 0 N–H and O–H groups in total. The average molecular weight is 305 g/mol. The zero-order chi connectivity index (χ0) is 16.5. The second-order valence-corrected chi connectivity index (χ2v) is 7.33. The summed E-state index contributed by atoms with van der Waals surface area (Å²) in [5.41, 5.74) is -0.0924. The molecule has 0 bridgehead atoms. The molecule has 1 aromatic heterocycles. The summed E-state index contributed by atoms with van der Waals surface area (Å²) >= 11 is 0. The number of hydrogen-bond donors (Lipinski definition) is 0. The van der Waals surface area contributed by atoms with E-state index in [1.54, 1.807) is 0 Å². The fourth-order valence-electron chi connectivity index (χ4n) is 3.19. The van der Waals surface area contributed by atoms with Crippen LogP contribution in [0.5, 0.6) is 0 Å². The van der Waals surface area contributed by atoms with Gasteiger partial charge in [0.15, 0.2) is 0 Å². The molecule has 122 valence electrons. The zero-order valence-corrected chi connectivity index (χ0v) is 14.5. The maximum absolute atomic E-state index is 12.1. The number of nitrogens with zero attached hydrogens (tertiary/aromatic N) is 3. The predicted octanol–water partition coefficient (Wildman–Crippen LogP) is 2.80. The maximum atomic E-state index is 12.1. The minimum absolute atomic E-state index is 0.0851. The summed E-state index contributed by atoms with van der Waals surface area (Å²) in [6.07, 6.45) is 2.62. The van der Waals surface area contributed by atoms with Gasteiger partial charge in [-0.2, -0.15) is 0 Å². The number of hydrogen-bond acceptors (Lipinski definition) is 5. The summed E-state index contributed by atoms with van der Waals surface area (Å²) < 4.78 is 4.98. The van der Waals surface area contributed by atoms with Gasteiger partial charge < -0.3 is 9.64 Å². The van der Waals surface area contributed by atoms with E-state index < -0.39 is 0 Å². The van der Waals surface area contributed by atoms with Crippen molar-refractivity contribution in [2.24, 2.45) is 11.8 Å². The molecule has 1 saturated heterocycles. The van der Waals surface area contributed by atoms with E-state index in [0.717, 1.165) is 24.6 Å². The van der Waals surface area contributed by atoms with Crippen LogP contribution in [0.3, 0.4) is 0 Å². The van der Waals surface area contributed by atoms with Crippen LogP contribution in [0.25, 0.3) is 0 Å². The van der Waals surface area contributed by atoms with Crippen LogP contribution < -0.4 is 4.90 Å². The van der Waals surface area contributed by atoms with Crippen molar-refractivity contribution in [1.29, 1.82) is 0 Å². The van der Waals surface area contributed by atoms with Crippen molar-refractivity contribution in [3.63, 3.8) is 0 Å². The van der Waals surface area contributed by atoms with Gasteiger partial charge in [0.2, 0.25) is 0 Å². The van der Waals surface area contributed by atoms with Crippen molar-refractivity contribution in [3.05, 3.63) is 18.1 Å². The van der Waals surface area contributed by atoms with Crippen LogP contribution in [0, 0.1) is 11.8 Å². The van der Waals surface area contributed by atoms with Gasteiger partial charge in [-0.3, -0.25) is 4.79 Å². The van der Waals surface area contributed by atoms with E-state index in [-0.39, 0.29) is 23.3 Å². The molecule has 5 nitrogen and oxygen atoms in total. The van der Waals surface area contributed by atoms with Crippen LogP contribution in [0.1, 0.15) is 46.9 Å². The van der Waals surface area contributed by atoms with Gasteiger partial charge in [-0.1, -0.05) is 34.6 Å². The first-order chi connectivity index (χ1) is 10.3. The highest BCUT2D eigenvalue weighted by molar-refractivity contribution is 5.75. The molecule has 0 aliphatic carbocycles. The predicted molar refractivity (Wildman–Crippen MR) is 86.8 cm³/mol. The standard InChI is InChI=1S/C17H27N3O2/c1-11(2)14-12(15(21)22-6)8-10-20(14)13-7-9-18-16(19-13)17(3,4)5/h7,9,11-12,14H,8,10H2,1-6H3/t12-,14-/m0/s1. The van der Waals surface area contributed by atoms with Gasteiger partial charge in [0.25, 0.3) is 0 Å². The van der Waals surface area contributed by atoms with Crippen LogP contribution in [0.15, 0.2) is 12.3 Å². The summed E-state index contributed by atoms with van der Waals surface area (Å²) in [5, 5.41) is 0. The third-order valence-corrected chi connectivity index (χ3v) is 4.25. The Bertz CT molecular complexity index is 537. The Balaban J connectivity index is 2.34. The minimum Gasteiger partial charge on any atom is -0.469 e. The maximum Gasteiger partial charge on any atom is 0.310 e. The number of ether oxygens (including phenoxy) is 1. The van der Waals surface area contributed by atoms with Crippen LogP contribution in [-0.4, -0.2) is 35.6 Å². The largest absolute Gasteiger partial charge is 0.469 e. The molecular weight excluding hydrogens is 278 g/mol. The molecule has 1 aromatic rings. The smallest absolute Gasteiger partial charge is 0.310 e. The third kappa shape index (κ3) is 3.23. The van der Waals surface area contributed by atoms with Crippen LogP contribution in [0.2, 0.25) is 0 Å². The van der Waals surface area contributed by atoms with Crippen molar-refractivity contribution in [1.82, 2.24) is 9.97 Å². The number of aromatic nitrogens is 2. The van der Waals surface area contributed by atoms with Crippen molar-refractivity contribution in [2.45, 2.75) is 52.5 Å². The summed E-state index contributed by atoms with van der Waals surface area (Å²) in [6.45, 7) is 11.4. The van der Waals surface area contributed by atoms with Crippen LogP contribution >= 0.6 is 0 Å². The SMILES string of the molecule is COC(=O)[C@H]1CCN(c2ccnc(C(C)(C)C)n2)[C@H]1C(C)C. The lowest BCUT2D eigenvalue weighted by molar-refractivity contribution is -0.145. The first-order valence-electron chi connectivity index (χ1n) is 7.93. The molecule has 2 rings (SSSR count). The van der Waals surface area contributed by atoms with E-state index in [1.165, 1.54) is 7.11 Å². The first kappa shape index (κ1) is 16.7. The molecule has 0 unspecified atom stereocenters. The van der Waals surface area contributed by atoms with Gasteiger partial charge in [-0.05, 0) is 18.4 Å². The Hall–Kier alpha value is -1.65. The molecule has 0 aromatic carbocycles. The van der Waals surface area contributed by atoms with E-state index in [9.17, 15) is 4.79 Å². The molecule has 1 fully saturated rings. The Labute approximate surface area is 133 Å². The number of esters is 1. The van der Waals surface area contributed by atoms with Gasteiger partial charge in [-0.15, -0.1) is 0 Å². The van der Waals surface area contributed by atoms with Crippen LogP contribution in [0.4, 0.5) is 5.82 Å². The fourth-order valence-corrected chi connectivity index (χ4v) is 3.19. The number of methoxy groups -OCH3 is 1. The summed E-state index contributed by atoms with van der Waals surface area (Å²) in [5.74, 6) is 1.88. The second kappa shape index (κ2) is 6.23. The topological polar surface area (TPSA) is 55.3 Å². The van der Waals surface area contributed by atoms with Gasteiger partial charge in [0.05, 0.1) is 13.0 Å². The van der Waals surface area contributed by atoms with E-state index in [0.29, 0.717) is 5.92 Å². The molecule has 2 heterocycles. The van der Waals surface area contributed by atoms with Crippen molar-refractivity contribution >= 4 is 11.8 Å². The fraction of sp³-hybridized carbons (Fsp3) is 0.706. The van der Waals surface area contributed by atoms with Gasteiger partial charge in [0.1, 0.15) is 11.6 Å². The van der Waals surface area contributed by atoms with Crippen molar-refractivity contribution in [2.75, 3.05) is 18.6 Å². The lowest BCUT2D eigenvalue weighted by Gasteiger charge is -2.32. The highest BCUT2D eigenvalue weighted by atomic mass is 16.5. The molecule has 0 spiro atoms. The Morgan fingerprint density at radius 3 is 2.64 bits per heavy atom. The van der Waals surface area contributed by atoms with Gasteiger partial charge >= 0.3 is 5.97 Å². The minimum atomic E-state index is -0.119. The normalized spacial score (nSPS) is 22.2.